The van der Waals surface area contributed by atoms with Gasteiger partial charge in [0, 0.05) is 36.8 Å². The Bertz CT molecular complexity index is 939. The number of fused-ring (bicyclic) bond motifs is 1. The Kier molecular flexibility index (Phi) is 7.95. The first-order valence-electron chi connectivity index (χ1n) is 11.8. The van der Waals surface area contributed by atoms with Gasteiger partial charge < -0.3 is 10.1 Å². The Labute approximate surface area is 197 Å². The molecule has 2 aromatic rings. The van der Waals surface area contributed by atoms with Gasteiger partial charge in [0.05, 0.1) is 17.8 Å². The van der Waals surface area contributed by atoms with Gasteiger partial charge in [0.15, 0.2) is 6.61 Å². The van der Waals surface area contributed by atoms with Crippen LogP contribution in [0.15, 0.2) is 6.07 Å². The highest BCUT2D eigenvalue weighted by molar-refractivity contribution is 7.13. The standard InChI is InChI=1S/C23H33F2N5O2S/c1-15-11-18(29(2)28-15)12-22(31)26-17-5-3-16(4-6-17)7-9-30-10-8-20-19(13-30)27-23(33-20)32-14-21(24)25/h11,16-17,21H,3-10,12-14H2,1-2H3,(H,26,31)/t16-,17-. The number of nitrogens with one attached hydrogen (secondary N) is 1. The largest absolute Gasteiger partial charge is 0.464 e. The van der Waals surface area contributed by atoms with Crippen molar-refractivity contribution in [1.82, 2.24) is 25.0 Å². The molecule has 0 radical (unpaired) electrons. The molecule has 33 heavy (non-hydrogen) atoms. The van der Waals surface area contributed by atoms with Crippen LogP contribution >= 0.6 is 11.3 Å². The average Bonchev–Trinajstić information content (AvgIpc) is 3.32. The summed E-state index contributed by atoms with van der Waals surface area (Å²) in [6.45, 7) is 4.10. The predicted molar refractivity (Wildman–Crippen MR) is 123 cm³/mol. The predicted octanol–water partition coefficient (Wildman–Crippen LogP) is 3.49. The van der Waals surface area contributed by atoms with Gasteiger partial charge in [-0.3, -0.25) is 14.4 Å². The van der Waals surface area contributed by atoms with Crippen LogP contribution in [0.25, 0.3) is 0 Å². The Balaban J connectivity index is 1.15. The maximum Gasteiger partial charge on any atom is 0.273 e. The SMILES string of the molecule is Cc1cc(CC(=O)N[C@H]2CC[C@H](CCN3CCc4sc(OCC(F)F)nc4C3)CC2)n(C)n1. The second kappa shape index (κ2) is 10.9. The summed E-state index contributed by atoms with van der Waals surface area (Å²) in [5, 5.41) is 7.87. The number of alkyl halides is 2. The minimum atomic E-state index is -2.48. The fraction of sp³-hybridized carbons (Fsp3) is 0.696. The van der Waals surface area contributed by atoms with Crippen molar-refractivity contribution in [2.24, 2.45) is 13.0 Å². The van der Waals surface area contributed by atoms with Crippen molar-refractivity contribution in [1.29, 1.82) is 0 Å². The molecule has 2 aromatic heterocycles. The van der Waals surface area contributed by atoms with Crippen molar-refractivity contribution in [3.05, 3.63) is 28.0 Å². The van der Waals surface area contributed by atoms with Crippen molar-refractivity contribution in [2.75, 3.05) is 19.7 Å². The molecule has 1 fully saturated rings. The zero-order valence-electron chi connectivity index (χ0n) is 19.4. The molecule has 1 aliphatic heterocycles. The molecule has 10 heteroatoms. The van der Waals surface area contributed by atoms with E-state index in [4.69, 9.17) is 4.74 Å². The van der Waals surface area contributed by atoms with Crippen molar-refractivity contribution in [2.45, 2.75) is 70.9 Å². The number of amides is 1. The summed E-state index contributed by atoms with van der Waals surface area (Å²) in [5.41, 5.74) is 2.85. The lowest BCUT2D eigenvalue weighted by molar-refractivity contribution is -0.121. The third-order valence-electron chi connectivity index (χ3n) is 6.63. The summed E-state index contributed by atoms with van der Waals surface area (Å²) in [7, 11) is 1.87. The van der Waals surface area contributed by atoms with Crippen LogP contribution in [0.3, 0.4) is 0 Å². The van der Waals surface area contributed by atoms with E-state index in [0.717, 1.165) is 80.1 Å². The Morgan fingerprint density at radius 1 is 1.33 bits per heavy atom. The zero-order chi connectivity index (χ0) is 23.4. The molecule has 0 saturated heterocycles. The van der Waals surface area contributed by atoms with E-state index in [0.29, 0.717) is 17.5 Å². The number of thiazole rings is 1. The first kappa shape index (κ1) is 24.1. The first-order chi connectivity index (χ1) is 15.9. The second-order valence-electron chi connectivity index (χ2n) is 9.23. The fourth-order valence-electron chi connectivity index (χ4n) is 4.85. The minimum Gasteiger partial charge on any atom is -0.464 e. The number of aryl methyl sites for hydroxylation is 2. The molecule has 0 atom stereocenters. The van der Waals surface area contributed by atoms with Crippen molar-refractivity contribution in [3.63, 3.8) is 0 Å². The molecule has 3 heterocycles. The number of carbonyl (C=O) groups excluding carboxylic acids is 1. The van der Waals surface area contributed by atoms with Crippen LogP contribution in [0.2, 0.25) is 0 Å². The molecule has 182 valence electrons. The molecule has 1 aliphatic carbocycles. The maximum absolute atomic E-state index is 12.4. The summed E-state index contributed by atoms with van der Waals surface area (Å²) in [6, 6.07) is 2.23. The van der Waals surface area contributed by atoms with Gasteiger partial charge in [-0.1, -0.05) is 11.3 Å². The highest BCUT2D eigenvalue weighted by Crippen LogP contribution is 2.31. The lowest BCUT2D eigenvalue weighted by atomic mass is 9.84. The maximum atomic E-state index is 12.4. The number of carbonyl (C=O) groups is 1. The zero-order valence-corrected chi connectivity index (χ0v) is 20.2. The molecule has 0 spiro atoms. The monoisotopic (exact) mass is 481 g/mol. The summed E-state index contributed by atoms with van der Waals surface area (Å²) >= 11 is 1.40. The van der Waals surface area contributed by atoms with Crippen LogP contribution in [-0.2, 0) is 31.2 Å². The van der Waals surface area contributed by atoms with Crippen molar-refractivity contribution >= 4 is 17.2 Å². The third-order valence-corrected chi connectivity index (χ3v) is 7.70. The van der Waals surface area contributed by atoms with Crippen LogP contribution in [0.5, 0.6) is 5.19 Å². The van der Waals surface area contributed by atoms with Gasteiger partial charge in [-0.25, -0.2) is 13.8 Å². The van der Waals surface area contributed by atoms with E-state index in [9.17, 15) is 13.6 Å². The van der Waals surface area contributed by atoms with Crippen molar-refractivity contribution in [3.8, 4) is 5.19 Å². The normalized spacial score (nSPS) is 21.2. The number of hydrogen-bond acceptors (Lipinski definition) is 6. The van der Waals surface area contributed by atoms with Crippen molar-refractivity contribution < 1.29 is 18.3 Å². The van der Waals surface area contributed by atoms with E-state index >= 15 is 0 Å². The molecule has 4 rings (SSSR count). The van der Waals surface area contributed by atoms with Crippen LogP contribution < -0.4 is 10.1 Å². The molecule has 1 N–H and O–H groups in total. The Morgan fingerprint density at radius 3 is 2.82 bits per heavy atom. The molecule has 0 bridgehead atoms. The van der Waals surface area contributed by atoms with Crippen LogP contribution in [0, 0.1) is 12.8 Å². The summed E-state index contributed by atoms with van der Waals surface area (Å²) in [4.78, 5) is 20.4. The number of hydrogen-bond donors (Lipinski definition) is 1. The van der Waals surface area contributed by atoms with Crippen LogP contribution in [0.1, 0.15) is 54.1 Å². The molecule has 0 unspecified atom stereocenters. The molecule has 0 aromatic carbocycles. The lowest BCUT2D eigenvalue weighted by Crippen LogP contribution is -2.39. The molecular weight excluding hydrogens is 448 g/mol. The number of ether oxygens (including phenoxy) is 1. The number of rotatable bonds is 9. The first-order valence-corrected chi connectivity index (χ1v) is 12.6. The van der Waals surface area contributed by atoms with E-state index in [2.05, 4.69) is 20.3 Å². The number of nitrogens with zero attached hydrogens (tertiary/aromatic N) is 4. The van der Waals surface area contributed by atoms with E-state index in [-0.39, 0.29) is 11.9 Å². The summed E-state index contributed by atoms with van der Waals surface area (Å²) in [5.74, 6) is 0.755. The highest BCUT2D eigenvalue weighted by Gasteiger charge is 2.25. The van der Waals surface area contributed by atoms with Crippen LogP contribution in [0.4, 0.5) is 8.78 Å². The van der Waals surface area contributed by atoms with Gasteiger partial charge in [0.25, 0.3) is 11.6 Å². The van der Waals surface area contributed by atoms with E-state index < -0.39 is 13.0 Å². The van der Waals surface area contributed by atoms with E-state index in [1.54, 1.807) is 4.68 Å². The molecule has 1 amide bonds. The summed E-state index contributed by atoms with van der Waals surface area (Å²) < 4.78 is 31.6. The third kappa shape index (κ3) is 6.72. The Morgan fingerprint density at radius 2 is 2.12 bits per heavy atom. The van der Waals surface area contributed by atoms with E-state index in [1.165, 1.54) is 11.3 Å². The van der Waals surface area contributed by atoms with Gasteiger partial charge in [-0.05, 0) is 64.0 Å². The van der Waals surface area contributed by atoms with Gasteiger partial charge in [-0.15, -0.1) is 0 Å². The fourth-order valence-corrected chi connectivity index (χ4v) is 5.76. The van der Waals surface area contributed by atoms with E-state index in [1.807, 2.05) is 20.0 Å². The second-order valence-corrected chi connectivity index (χ2v) is 10.3. The van der Waals surface area contributed by atoms with Crippen LogP contribution in [-0.4, -0.2) is 57.7 Å². The molecule has 2 aliphatic rings. The van der Waals surface area contributed by atoms with Gasteiger partial charge in [0.2, 0.25) is 5.91 Å². The lowest BCUT2D eigenvalue weighted by Gasteiger charge is -2.32. The molecule has 1 saturated carbocycles. The number of halogens is 2. The Hall–Kier alpha value is -2.07. The highest BCUT2D eigenvalue weighted by atomic mass is 32.1. The topological polar surface area (TPSA) is 72.3 Å². The number of aromatic nitrogens is 3. The summed E-state index contributed by atoms with van der Waals surface area (Å²) in [6.07, 6.45) is 4.28. The molecular formula is C23H33F2N5O2S. The average molecular weight is 482 g/mol. The minimum absolute atomic E-state index is 0.0748. The molecule has 7 nitrogen and oxygen atoms in total. The van der Waals surface area contributed by atoms with Gasteiger partial charge in [-0.2, -0.15) is 5.10 Å². The smallest absolute Gasteiger partial charge is 0.273 e. The quantitative estimate of drug-likeness (QED) is 0.594. The van der Waals surface area contributed by atoms with Gasteiger partial charge >= 0.3 is 0 Å². The van der Waals surface area contributed by atoms with Gasteiger partial charge in [0.1, 0.15) is 0 Å².